The van der Waals surface area contributed by atoms with Crippen molar-refractivity contribution in [2.75, 3.05) is 0 Å². The highest BCUT2D eigenvalue weighted by atomic mass is 16.5. The number of terminal acetylenes is 1. The molecule has 2 rings (SSSR count). The van der Waals surface area contributed by atoms with Gasteiger partial charge in [0.15, 0.2) is 6.10 Å². The van der Waals surface area contributed by atoms with Gasteiger partial charge in [0.1, 0.15) is 0 Å². The van der Waals surface area contributed by atoms with Crippen LogP contribution in [-0.2, 0) is 4.74 Å². The monoisotopic (exact) mass is 224 g/mol. The van der Waals surface area contributed by atoms with E-state index in [0.29, 0.717) is 5.56 Å². The van der Waals surface area contributed by atoms with Crippen molar-refractivity contribution < 1.29 is 9.53 Å². The molecular weight excluding hydrogens is 212 g/mol. The number of fused-ring (bicyclic) bond motifs is 1. The molecule has 2 heteroatoms. The number of ether oxygens (including phenoxy) is 1. The minimum Gasteiger partial charge on any atom is -0.446 e. The van der Waals surface area contributed by atoms with Crippen LogP contribution in [0.1, 0.15) is 17.3 Å². The van der Waals surface area contributed by atoms with Crippen LogP contribution in [-0.4, -0.2) is 12.1 Å². The lowest BCUT2D eigenvalue weighted by molar-refractivity contribution is 0.0441. The highest BCUT2D eigenvalue weighted by Crippen LogP contribution is 2.19. The fourth-order valence-electron chi connectivity index (χ4n) is 1.66. The zero-order chi connectivity index (χ0) is 12.3. The molecule has 2 aromatic rings. The van der Waals surface area contributed by atoms with Gasteiger partial charge in [-0.25, -0.2) is 4.79 Å². The molecule has 0 spiro atoms. The Morgan fingerprint density at radius 2 is 1.94 bits per heavy atom. The van der Waals surface area contributed by atoms with Gasteiger partial charge in [0.2, 0.25) is 0 Å². The van der Waals surface area contributed by atoms with Crippen LogP contribution in [0.5, 0.6) is 0 Å². The van der Waals surface area contributed by atoms with Gasteiger partial charge in [0.25, 0.3) is 0 Å². The minimum absolute atomic E-state index is 0.382. The van der Waals surface area contributed by atoms with Gasteiger partial charge >= 0.3 is 5.97 Å². The molecule has 0 aromatic heterocycles. The fourth-order valence-corrected chi connectivity index (χ4v) is 1.66. The van der Waals surface area contributed by atoms with Crippen molar-refractivity contribution in [2.45, 2.75) is 13.0 Å². The normalized spacial score (nSPS) is 11.8. The van der Waals surface area contributed by atoms with Gasteiger partial charge in [-0.1, -0.05) is 42.3 Å². The van der Waals surface area contributed by atoms with E-state index < -0.39 is 6.10 Å². The predicted molar refractivity (Wildman–Crippen MR) is 67.7 cm³/mol. The number of esters is 1. The fraction of sp³-hybridized carbons (Fsp3) is 0.133. The molecular formula is C15H12O2. The van der Waals surface area contributed by atoms with Crippen molar-refractivity contribution in [3.8, 4) is 12.3 Å². The lowest BCUT2D eigenvalue weighted by Crippen LogP contribution is -2.13. The molecule has 0 heterocycles. The zero-order valence-corrected chi connectivity index (χ0v) is 9.51. The van der Waals surface area contributed by atoms with E-state index in [1.54, 1.807) is 13.0 Å². The van der Waals surface area contributed by atoms with Gasteiger partial charge in [0, 0.05) is 0 Å². The van der Waals surface area contributed by atoms with Crippen LogP contribution in [0.4, 0.5) is 0 Å². The summed E-state index contributed by atoms with van der Waals surface area (Å²) in [6.45, 7) is 1.67. The molecule has 0 saturated heterocycles. The first kappa shape index (κ1) is 11.2. The molecule has 0 bridgehead atoms. The van der Waals surface area contributed by atoms with E-state index in [1.165, 1.54) is 0 Å². The third-order valence-electron chi connectivity index (χ3n) is 2.53. The Bertz CT molecular complexity index is 588. The minimum atomic E-state index is -0.513. The highest BCUT2D eigenvalue weighted by Gasteiger charge is 2.12. The molecule has 0 saturated carbocycles. The number of carbonyl (C=O) groups excluding carboxylic acids is 1. The molecule has 2 aromatic carbocycles. The highest BCUT2D eigenvalue weighted by molar-refractivity contribution is 6.04. The summed E-state index contributed by atoms with van der Waals surface area (Å²) in [7, 11) is 0. The predicted octanol–water partition coefficient (Wildman–Crippen LogP) is 3.02. The summed E-state index contributed by atoms with van der Waals surface area (Å²) in [5, 5.41) is 1.89. The van der Waals surface area contributed by atoms with Crippen molar-refractivity contribution in [1.29, 1.82) is 0 Å². The van der Waals surface area contributed by atoms with Gasteiger partial charge in [-0.05, 0) is 23.8 Å². The van der Waals surface area contributed by atoms with Crippen molar-refractivity contribution in [2.24, 2.45) is 0 Å². The number of hydrogen-bond acceptors (Lipinski definition) is 2. The largest absolute Gasteiger partial charge is 0.446 e. The SMILES string of the molecule is C#CC(C)OC(=O)c1cccc2ccccc12. The second-order valence-corrected chi connectivity index (χ2v) is 3.74. The second-order valence-electron chi connectivity index (χ2n) is 3.74. The Labute approximate surface area is 100 Å². The molecule has 17 heavy (non-hydrogen) atoms. The van der Waals surface area contributed by atoms with Crippen molar-refractivity contribution in [1.82, 2.24) is 0 Å². The molecule has 0 amide bonds. The van der Waals surface area contributed by atoms with Gasteiger partial charge in [-0.15, -0.1) is 6.42 Å². The summed E-state index contributed by atoms with van der Waals surface area (Å²) in [5.41, 5.74) is 0.546. The summed E-state index contributed by atoms with van der Waals surface area (Å²) in [6.07, 6.45) is 4.67. The summed E-state index contributed by atoms with van der Waals surface area (Å²) < 4.78 is 5.12. The van der Waals surface area contributed by atoms with E-state index in [-0.39, 0.29) is 5.97 Å². The molecule has 0 aliphatic rings. The third-order valence-corrected chi connectivity index (χ3v) is 2.53. The summed E-state index contributed by atoms with van der Waals surface area (Å²) in [4.78, 5) is 11.9. The molecule has 1 unspecified atom stereocenters. The zero-order valence-electron chi connectivity index (χ0n) is 9.51. The quantitative estimate of drug-likeness (QED) is 0.579. The lowest BCUT2D eigenvalue weighted by Gasteiger charge is -2.09. The Balaban J connectivity index is 2.42. The van der Waals surface area contributed by atoms with E-state index >= 15 is 0 Å². The molecule has 2 nitrogen and oxygen atoms in total. The van der Waals surface area contributed by atoms with Gasteiger partial charge in [-0.2, -0.15) is 0 Å². The maximum atomic E-state index is 11.9. The Kier molecular flexibility index (Phi) is 3.11. The van der Waals surface area contributed by atoms with Gasteiger partial charge in [-0.3, -0.25) is 0 Å². The third kappa shape index (κ3) is 2.29. The average molecular weight is 224 g/mol. The van der Waals surface area contributed by atoms with Crippen molar-refractivity contribution in [3.05, 3.63) is 48.0 Å². The van der Waals surface area contributed by atoms with Crippen LogP contribution in [0.25, 0.3) is 10.8 Å². The first-order chi connectivity index (χ1) is 8.22. The number of hydrogen-bond donors (Lipinski definition) is 0. The number of rotatable bonds is 2. The standard InChI is InChI=1S/C15H12O2/c1-3-11(2)17-15(16)14-10-6-8-12-7-4-5-9-13(12)14/h1,4-11H,2H3. The molecule has 0 N–H and O–H groups in total. The van der Waals surface area contributed by atoms with Crippen LogP contribution in [0, 0.1) is 12.3 Å². The smallest absolute Gasteiger partial charge is 0.339 e. The summed E-state index contributed by atoms with van der Waals surface area (Å²) in [5.74, 6) is 1.99. The van der Waals surface area contributed by atoms with E-state index in [1.807, 2.05) is 36.4 Å². The van der Waals surface area contributed by atoms with Crippen LogP contribution < -0.4 is 0 Å². The van der Waals surface area contributed by atoms with Crippen LogP contribution in [0.2, 0.25) is 0 Å². The maximum absolute atomic E-state index is 11.9. The van der Waals surface area contributed by atoms with Crippen LogP contribution in [0.3, 0.4) is 0 Å². The van der Waals surface area contributed by atoms with Crippen molar-refractivity contribution in [3.63, 3.8) is 0 Å². The lowest BCUT2D eigenvalue weighted by atomic mass is 10.0. The van der Waals surface area contributed by atoms with Gasteiger partial charge in [0.05, 0.1) is 5.56 Å². The number of benzene rings is 2. The van der Waals surface area contributed by atoms with E-state index in [4.69, 9.17) is 11.2 Å². The van der Waals surface area contributed by atoms with E-state index in [0.717, 1.165) is 10.8 Å². The Morgan fingerprint density at radius 1 is 1.24 bits per heavy atom. The molecule has 0 aliphatic heterocycles. The summed E-state index contributed by atoms with van der Waals surface area (Å²) in [6, 6.07) is 13.2. The maximum Gasteiger partial charge on any atom is 0.339 e. The Morgan fingerprint density at radius 3 is 2.71 bits per heavy atom. The molecule has 0 fully saturated rings. The molecule has 0 radical (unpaired) electrons. The summed E-state index contributed by atoms with van der Waals surface area (Å²) >= 11 is 0. The first-order valence-electron chi connectivity index (χ1n) is 5.37. The topological polar surface area (TPSA) is 26.3 Å². The average Bonchev–Trinajstić information content (AvgIpc) is 2.37. The Hall–Kier alpha value is -2.27. The van der Waals surface area contributed by atoms with Crippen LogP contribution >= 0.6 is 0 Å². The molecule has 0 aliphatic carbocycles. The first-order valence-corrected chi connectivity index (χ1v) is 5.37. The van der Waals surface area contributed by atoms with E-state index in [9.17, 15) is 4.79 Å². The van der Waals surface area contributed by atoms with E-state index in [2.05, 4.69) is 5.92 Å². The second kappa shape index (κ2) is 4.71. The van der Waals surface area contributed by atoms with Crippen LogP contribution in [0.15, 0.2) is 42.5 Å². The number of carbonyl (C=O) groups is 1. The molecule has 1 atom stereocenters. The van der Waals surface area contributed by atoms with Crippen molar-refractivity contribution >= 4 is 16.7 Å². The molecule has 84 valence electrons. The van der Waals surface area contributed by atoms with Gasteiger partial charge < -0.3 is 4.74 Å².